The fourth-order valence-electron chi connectivity index (χ4n) is 1.94. The zero-order chi connectivity index (χ0) is 12.4. The number of hydrogen-bond acceptors (Lipinski definition) is 5. The van der Waals surface area contributed by atoms with Gasteiger partial charge in [-0.2, -0.15) is 0 Å². The molecule has 2 unspecified atom stereocenters. The Labute approximate surface area is 129 Å². The second-order valence-electron chi connectivity index (χ2n) is 4.31. The Bertz CT molecular complexity index is 428. The molecule has 0 aliphatic carbocycles. The fraction of sp³-hybridized carbons (Fsp3) is 0.636. The van der Waals surface area contributed by atoms with Gasteiger partial charge in [0, 0.05) is 11.4 Å². The topological polar surface area (TPSA) is 74.2 Å². The van der Waals surface area contributed by atoms with Gasteiger partial charge in [-0.3, -0.25) is 4.79 Å². The van der Waals surface area contributed by atoms with Crippen LogP contribution < -0.4 is 10.6 Å². The van der Waals surface area contributed by atoms with E-state index in [1.807, 2.05) is 13.8 Å². The predicted octanol–water partition coefficient (Wildman–Crippen LogP) is 0.943. The maximum absolute atomic E-state index is 11.8. The first-order valence-electron chi connectivity index (χ1n) is 5.68. The van der Waals surface area contributed by atoms with E-state index in [0.717, 1.165) is 15.6 Å². The summed E-state index contributed by atoms with van der Waals surface area (Å²) < 4.78 is 0. The van der Waals surface area contributed by atoms with E-state index in [-0.39, 0.29) is 36.8 Å². The molecule has 19 heavy (non-hydrogen) atoms. The van der Waals surface area contributed by atoms with Crippen LogP contribution in [0, 0.1) is 13.8 Å². The number of hydrogen-bond donors (Lipinski definition) is 3. The number of halogens is 2. The largest absolute Gasteiger partial charge is 0.392 e. The molecule has 5 nitrogen and oxygen atoms in total. The Balaban J connectivity index is 0.00000162. The fourth-order valence-corrected chi connectivity index (χ4v) is 2.82. The number of aliphatic hydroxyl groups is 1. The first kappa shape index (κ1) is 18.6. The van der Waals surface area contributed by atoms with Crippen LogP contribution in [0.2, 0.25) is 0 Å². The highest BCUT2D eigenvalue weighted by atomic mass is 35.5. The number of rotatable bonds is 3. The molecule has 1 aliphatic rings. The molecule has 0 spiro atoms. The van der Waals surface area contributed by atoms with Crippen molar-refractivity contribution in [2.24, 2.45) is 0 Å². The number of amides is 1. The maximum Gasteiger partial charge on any atom is 0.237 e. The average Bonchev–Trinajstić information content (AvgIpc) is 2.82. The molecule has 3 N–H and O–H groups in total. The van der Waals surface area contributed by atoms with Crippen molar-refractivity contribution in [1.82, 2.24) is 15.6 Å². The number of aromatic nitrogens is 1. The highest BCUT2D eigenvalue weighted by molar-refractivity contribution is 7.11. The van der Waals surface area contributed by atoms with Gasteiger partial charge < -0.3 is 15.7 Å². The Morgan fingerprint density at radius 2 is 2.21 bits per heavy atom. The van der Waals surface area contributed by atoms with Gasteiger partial charge in [-0.15, -0.1) is 36.2 Å². The van der Waals surface area contributed by atoms with Gasteiger partial charge in [0.2, 0.25) is 5.91 Å². The predicted molar refractivity (Wildman–Crippen MR) is 80.3 cm³/mol. The monoisotopic (exact) mass is 327 g/mol. The summed E-state index contributed by atoms with van der Waals surface area (Å²) in [4.78, 5) is 17.2. The smallest absolute Gasteiger partial charge is 0.237 e. The lowest BCUT2D eigenvalue weighted by atomic mass is 10.2. The highest BCUT2D eigenvalue weighted by Crippen LogP contribution is 2.16. The molecule has 8 heteroatoms. The zero-order valence-electron chi connectivity index (χ0n) is 10.8. The van der Waals surface area contributed by atoms with Gasteiger partial charge in [-0.05, 0) is 20.3 Å². The van der Waals surface area contributed by atoms with Crippen molar-refractivity contribution in [1.29, 1.82) is 0 Å². The summed E-state index contributed by atoms with van der Waals surface area (Å²) in [6.07, 6.45) is 0.0881. The minimum absolute atomic E-state index is 0. The SMILES string of the molecule is Cc1nc(C)c(CNC(=O)C2CC(O)CN2)s1.Cl.Cl. The molecule has 1 fully saturated rings. The summed E-state index contributed by atoms with van der Waals surface area (Å²) in [5, 5.41) is 16.2. The van der Waals surface area contributed by atoms with E-state index in [2.05, 4.69) is 15.6 Å². The number of nitrogens with one attached hydrogen (secondary N) is 2. The molecule has 1 aromatic rings. The summed E-state index contributed by atoms with van der Waals surface area (Å²) in [6, 6.07) is -0.265. The van der Waals surface area contributed by atoms with Crippen LogP contribution >= 0.6 is 36.2 Å². The van der Waals surface area contributed by atoms with E-state index >= 15 is 0 Å². The van der Waals surface area contributed by atoms with Gasteiger partial charge in [0.05, 0.1) is 29.4 Å². The second-order valence-corrected chi connectivity index (χ2v) is 5.60. The first-order valence-corrected chi connectivity index (χ1v) is 6.50. The Kier molecular flexibility index (Phi) is 7.85. The molecule has 2 heterocycles. The van der Waals surface area contributed by atoms with Crippen LogP contribution in [0.5, 0.6) is 0 Å². The Morgan fingerprint density at radius 3 is 2.68 bits per heavy atom. The van der Waals surface area contributed by atoms with Crippen molar-refractivity contribution in [2.75, 3.05) is 6.54 Å². The van der Waals surface area contributed by atoms with Crippen molar-refractivity contribution in [3.63, 3.8) is 0 Å². The molecule has 1 aromatic heterocycles. The number of β-amino-alcohol motifs (C(OH)–C–C–N with tert-alkyl or cyclic N) is 1. The molecule has 0 bridgehead atoms. The molecule has 110 valence electrons. The average molecular weight is 328 g/mol. The van der Waals surface area contributed by atoms with Crippen LogP contribution in [0.1, 0.15) is 22.0 Å². The van der Waals surface area contributed by atoms with Crippen molar-refractivity contribution >= 4 is 42.1 Å². The van der Waals surface area contributed by atoms with Gasteiger partial charge in [0.15, 0.2) is 0 Å². The molecule has 2 atom stereocenters. The van der Waals surface area contributed by atoms with E-state index < -0.39 is 6.10 Å². The molecule has 1 aliphatic heterocycles. The molecule has 2 rings (SSSR count). The second kappa shape index (κ2) is 8.01. The van der Waals surface area contributed by atoms with E-state index in [1.54, 1.807) is 11.3 Å². The minimum atomic E-state index is -0.405. The lowest BCUT2D eigenvalue weighted by Gasteiger charge is -2.10. The standard InChI is InChI=1S/C11H17N3O2S.2ClH/c1-6-10(17-7(2)14-6)5-13-11(16)9-3-8(15)4-12-9;;/h8-9,12,15H,3-5H2,1-2H3,(H,13,16);2*1H. The van der Waals surface area contributed by atoms with E-state index in [4.69, 9.17) is 0 Å². The van der Waals surface area contributed by atoms with Gasteiger partial charge in [0.25, 0.3) is 0 Å². The minimum Gasteiger partial charge on any atom is -0.392 e. The zero-order valence-corrected chi connectivity index (χ0v) is 13.3. The third kappa shape index (κ3) is 4.89. The summed E-state index contributed by atoms with van der Waals surface area (Å²) in [6.45, 7) is 4.92. The molecular weight excluding hydrogens is 309 g/mol. The normalized spacial score (nSPS) is 21.4. The molecule has 0 radical (unpaired) electrons. The first-order chi connectivity index (χ1) is 8.06. The summed E-state index contributed by atoms with van der Waals surface area (Å²) in [7, 11) is 0. The lowest BCUT2D eigenvalue weighted by molar-refractivity contribution is -0.123. The van der Waals surface area contributed by atoms with Gasteiger partial charge in [0.1, 0.15) is 0 Å². The van der Waals surface area contributed by atoms with E-state index in [1.165, 1.54) is 0 Å². The number of carbonyl (C=O) groups is 1. The van der Waals surface area contributed by atoms with Gasteiger partial charge in [-0.25, -0.2) is 4.98 Å². The summed E-state index contributed by atoms with van der Waals surface area (Å²) >= 11 is 1.60. The number of aryl methyl sites for hydroxylation is 2. The van der Waals surface area contributed by atoms with Crippen molar-refractivity contribution in [2.45, 2.75) is 39.0 Å². The maximum atomic E-state index is 11.8. The molecule has 1 saturated heterocycles. The lowest BCUT2D eigenvalue weighted by Crippen LogP contribution is -2.39. The van der Waals surface area contributed by atoms with Gasteiger partial charge >= 0.3 is 0 Å². The Hall–Kier alpha value is -0.400. The van der Waals surface area contributed by atoms with Crippen LogP contribution in [0.25, 0.3) is 0 Å². The number of aliphatic hydroxyl groups excluding tert-OH is 1. The van der Waals surface area contributed by atoms with Crippen LogP contribution in [0.3, 0.4) is 0 Å². The molecule has 0 aromatic carbocycles. The molecule has 1 amide bonds. The van der Waals surface area contributed by atoms with Crippen molar-refractivity contribution in [3.05, 3.63) is 15.6 Å². The van der Waals surface area contributed by atoms with E-state index in [0.29, 0.717) is 19.5 Å². The molecule has 0 saturated carbocycles. The van der Waals surface area contributed by atoms with Crippen molar-refractivity contribution in [3.8, 4) is 0 Å². The van der Waals surface area contributed by atoms with Gasteiger partial charge in [-0.1, -0.05) is 0 Å². The summed E-state index contributed by atoms with van der Waals surface area (Å²) in [5.41, 5.74) is 0.979. The quantitative estimate of drug-likeness (QED) is 0.772. The third-order valence-corrected chi connectivity index (χ3v) is 3.92. The summed E-state index contributed by atoms with van der Waals surface area (Å²) in [5.74, 6) is -0.0491. The van der Waals surface area contributed by atoms with E-state index in [9.17, 15) is 9.90 Å². The molecular formula is C11H19Cl2N3O2S. The van der Waals surface area contributed by atoms with Crippen LogP contribution in [-0.4, -0.2) is 34.7 Å². The number of nitrogens with zero attached hydrogens (tertiary/aromatic N) is 1. The highest BCUT2D eigenvalue weighted by Gasteiger charge is 2.27. The Morgan fingerprint density at radius 1 is 1.53 bits per heavy atom. The number of carbonyl (C=O) groups excluding carboxylic acids is 1. The van der Waals surface area contributed by atoms with Crippen LogP contribution in [0.15, 0.2) is 0 Å². The van der Waals surface area contributed by atoms with Crippen LogP contribution in [-0.2, 0) is 11.3 Å². The third-order valence-electron chi connectivity index (χ3n) is 2.85. The number of thiazole rings is 1. The van der Waals surface area contributed by atoms with Crippen molar-refractivity contribution < 1.29 is 9.90 Å². The van der Waals surface area contributed by atoms with Crippen LogP contribution in [0.4, 0.5) is 0 Å².